The molecule has 0 aromatic heterocycles. The lowest BCUT2D eigenvalue weighted by atomic mass is 9.97. The van der Waals surface area contributed by atoms with Crippen molar-refractivity contribution < 1.29 is 14.3 Å². The van der Waals surface area contributed by atoms with E-state index in [0.29, 0.717) is 6.54 Å². The highest BCUT2D eigenvalue weighted by molar-refractivity contribution is 9.10. The van der Waals surface area contributed by atoms with E-state index >= 15 is 0 Å². The minimum atomic E-state index is -0.142. The van der Waals surface area contributed by atoms with Crippen molar-refractivity contribution in [3.8, 4) is 0 Å². The smallest absolute Gasteiger partial charge is 0.308 e. The van der Waals surface area contributed by atoms with Crippen molar-refractivity contribution in [2.24, 2.45) is 5.92 Å². The maximum Gasteiger partial charge on any atom is 0.308 e. The highest BCUT2D eigenvalue weighted by Crippen LogP contribution is 2.23. The van der Waals surface area contributed by atoms with Crippen LogP contribution in [-0.4, -0.2) is 43.5 Å². The fourth-order valence-electron chi connectivity index (χ4n) is 2.89. The van der Waals surface area contributed by atoms with E-state index in [4.69, 9.17) is 4.74 Å². The van der Waals surface area contributed by atoms with Gasteiger partial charge in [0.25, 0.3) is 0 Å². The van der Waals surface area contributed by atoms with Crippen LogP contribution in [-0.2, 0) is 14.3 Å². The second kappa shape index (κ2) is 8.45. The molecule has 0 aliphatic carbocycles. The molecule has 6 heteroatoms. The Morgan fingerprint density at radius 2 is 2.00 bits per heavy atom. The largest absolute Gasteiger partial charge is 0.469 e. The molecule has 1 aliphatic rings. The molecule has 0 radical (unpaired) electrons. The third-order valence-corrected chi connectivity index (χ3v) is 4.96. The van der Waals surface area contributed by atoms with Crippen LogP contribution in [0.2, 0.25) is 0 Å². The number of likely N-dealkylation sites (tertiary alicyclic amines) is 1. The molecule has 1 aliphatic heterocycles. The van der Waals surface area contributed by atoms with Gasteiger partial charge in [0.15, 0.2) is 0 Å². The molecule has 1 atom stereocenters. The van der Waals surface area contributed by atoms with E-state index in [-0.39, 0.29) is 23.8 Å². The Balaban J connectivity index is 1.80. The van der Waals surface area contributed by atoms with Crippen LogP contribution in [0.5, 0.6) is 0 Å². The molecule has 0 saturated carbocycles. The van der Waals surface area contributed by atoms with E-state index in [0.717, 1.165) is 36.0 Å². The van der Waals surface area contributed by atoms with Gasteiger partial charge >= 0.3 is 5.97 Å². The van der Waals surface area contributed by atoms with Crippen molar-refractivity contribution in [1.29, 1.82) is 0 Å². The molecule has 1 aromatic rings. The highest BCUT2D eigenvalue weighted by atomic mass is 79.9. The maximum absolute atomic E-state index is 12.2. The van der Waals surface area contributed by atoms with Crippen LogP contribution in [0.15, 0.2) is 28.7 Å². The number of rotatable bonds is 5. The Morgan fingerprint density at radius 3 is 2.61 bits per heavy atom. The SMILES string of the molecule is COC(=O)C1CCN(CC(=O)N[C@@H](C)c2ccccc2Br)CC1. The van der Waals surface area contributed by atoms with Crippen molar-refractivity contribution >= 4 is 27.8 Å². The minimum absolute atomic E-state index is 0.00442. The number of ether oxygens (including phenoxy) is 1. The fraction of sp³-hybridized carbons (Fsp3) is 0.529. The monoisotopic (exact) mass is 382 g/mol. The molecule has 0 unspecified atom stereocenters. The molecule has 1 heterocycles. The summed E-state index contributed by atoms with van der Waals surface area (Å²) in [4.78, 5) is 25.8. The number of nitrogens with one attached hydrogen (secondary N) is 1. The summed E-state index contributed by atoms with van der Waals surface area (Å²) in [6.07, 6.45) is 1.50. The van der Waals surface area contributed by atoms with Gasteiger partial charge in [-0.2, -0.15) is 0 Å². The average Bonchev–Trinajstić information content (AvgIpc) is 2.55. The molecule has 0 bridgehead atoms. The Hall–Kier alpha value is -1.40. The first kappa shape index (κ1) is 17.9. The molecular weight excluding hydrogens is 360 g/mol. The van der Waals surface area contributed by atoms with Gasteiger partial charge in [0.1, 0.15) is 0 Å². The first-order valence-electron chi connectivity index (χ1n) is 7.85. The van der Waals surface area contributed by atoms with E-state index in [1.54, 1.807) is 0 Å². The molecule has 23 heavy (non-hydrogen) atoms. The molecule has 2 rings (SSSR count). The number of benzene rings is 1. The number of piperidine rings is 1. The highest BCUT2D eigenvalue weighted by Gasteiger charge is 2.26. The van der Waals surface area contributed by atoms with Gasteiger partial charge in [-0.3, -0.25) is 14.5 Å². The predicted octanol–water partition coefficient (Wildman–Crippen LogP) is 2.51. The lowest BCUT2D eigenvalue weighted by Crippen LogP contribution is -2.43. The van der Waals surface area contributed by atoms with Crippen molar-refractivity contribution in [3.63, 3.8) is 0 Å². The van der Waals surface area contributed by atoms with Crippen molar-refractivity contribution in [3.05, 3.63) is 34.3 Å². The number of halogens is 1. The standard InChI is InChI=1S/C17H23BrN2O3/c1-12(14-5-3-4-6-15(14)18)19-16(21)11-20-9-7-13(8-10-20)17(22)23-2/h3-6,12-13H,7-11H2,1-2H3,(H,19,21)/t12-/m0/s1. The van der Waals surface area contributed by atoms with E-state index in [9.17, 15) is 9.59 Å². The second-order valence-electron chi connectivity index (χ2n) is 5.88. The Kier molecular flexibility index (Phi) is 6.59. The zero-order chi connectivity index (χ0) is 16.8. The van der Waals surface area contributed by atoms with E-state index in [1.807, 2.05) is 31.2 Å². The third kappa shape index (κ3) is 5.04. The zero-order valence-corrected chi connectivity index (χ0v) is 15.1. The van der Waals surface area contributed by atoms with Gasteiger partial charge in [0.05, 0.1) is 25.6 Å². The van der Waals surface area contributed by atoms with Crippen LogP contribution in [0, 0.1) is 5.92 Å². The predicted molar refractivity (Wildman–Crippen MR) is 91.9 cm³/mol. The van der Waals surface area contributed by atoms with Crippen molar-refractivity contribution in [2.75, 3.05) is 26.7 Å². The molecule has 0 spiro atoms. The maximum atomic E-state index is 12.2. The number of carbonyl (C=O) groups excluding carboxylic acids is 2. The van der Waals surface area contributed by atoms with E-state index in [1.165, 1.54) is 7.11 Å². The minimum Gasteiger partial charge on any atom is -0.469 e. The summed E-state index contributed by atoms with van der Waals surface area (Å²) in [5, 5.41) is 3.03. The van der Waals surface area contributed by atoms with Gasteiger partial charge in [0, 0.05) is 4.47 Å². The lowest BCUT2D eigenvalue weighted by molar-refractivity contribution is -0.147. The molecular formula is C17H23BrN2O3. The number of carbonyl (C=O) groups is 2. The van der Waals surface area contributed by atoms with E-state index in [2.05, 4.69) is 26.1 Å². The molecule has 1 saturated heterocycles. The summed E-state index contributed by atoms with van der Waals surface area (Å²) in [7, 11) is 1.42. The summed E-state index contributed by atoms with van der Waals surface area (Å²) < 4.78 is 5.77. The lowest BCUT2D eigenvalue weighted by Gasteiger charge is -2.30. The van der Waals surface area contributed by atoms with E-state index < -0.39 is 0 Å². The molecule has 1 fully saturated rings. The first-order chi connectivity index (χ1) is 11.0. The summed E-state index contributed by atoms with van der Waals surface area (Å²) >= 11 is 3.51. The van der Waals surface area contributed by atoms with Crippen LogP contribution < -0.4 is 5.32 Å². The molecule has 1 aromatic carbocycles. The van der Waals surface area contributed by atoms with Crippen LogP contribution in [0.1, 0.15) is 31.4 Å². The third-order valence-electron chi connectivity index (χ3n) is 4.24. The fourth-order valence-corrected chi connectivity index (χ4v) is 3.52. The van der Waals surface area contributed by atoms with Crippen LogP contribution in [0.4, 0.5) is 0 Å². The second-order valence-corrected chi connectivity index (χ2v) is 6.74. The van der Waals surface area contributed by atoms with Gasteiger partial charge in [-0.15, -0.1) is 0 Å². The van der Waals surface area contributed by atoms with Gasteiger partial charge in [-0.25, -0.2) is 0 Å². The molecule has 5 nitrogen and oxygen atoms in total. The molecule has 1 amide bonds. The first-order valence-corrected chi connectivity index (χ1v) is 8.64. The normalized spacial score (nSPS) is 17.5. The number of hydrogen-bond acceptors (Lipinski definition) is 4. The Morgan fingerprint density at radius 1 is 1.35 bits per heavy atom. The van der Waals surface area contributed by atoms with Crippen LogP contribution in [0.25, 0.3) is 0 Å². The Labute approximate surface area is 145 Å². The molecule has 126 valence electrons. The Bertz CT molecular complexity index is 557. The number of methoxy groups -OCH3 is 1. The summed E-state index contributed by atoms with van der Waals surface area (Å²) in [5.41, 5.74) is 1.06. The molecule has 1 N–H and O–H groups in total. The van der Waals surface area contributed by atoms with Crippen LogP contribution >= 0.6 is 15.9 Å². The summed E-state index contributed by atoms with van der Waals surface area (Å²) in [6, 6.07) is 7.83. The van der Waals surface area contributed by atoms with Gasteiger partial charge in [0.2, 0.25) is 5.91 Å². The van der Waals surface area contributed by atoms with Crippen LogP contribution in [0.3, 0.4) is 0 Å². The topological polar surface area (TPSA) is 58.6 Å². The number of nitrogens with zero attached hydrogens (tertiary/aromatic N) is 1. The van der Waals surface area contributed by atoms with Gasteiger partial charge in [-0.05, 0) is 44.5 Å². The number of amides is 1. The average molecular weight is 383 g/mol. The zero-order valence-electron chi connectivity index (χ0n) is 13.5. The number of hydrogen-bond donors (Lipinski definition) is 1. The van der Waals surface area contributed by atoms with Gasteiger partial charge in [-0.1, -0.05) is 34.1 Å². The van der Waals surface area contributed by atoms with Gasteiger partial charge < -0.3 is 10.1 Å². The number of esters is 1. The summed E-state index contributed by atoms with van der Waals surface area (Å²) in [6.45, 7) is 3.83. The summed E-state index contributed by atoms with van der Waals surface area (Å²) in [5.74, 6) is -0.167. The van der Waals surface area contributed by atoms with Crippen molar-refractivity contribution in [1.82, 2.24) is 10.2 Å². The van der Waals surface area contributed by atoms with Crippen molar-refractivity contribution in [2.45, 2.75) is 25.8 Å². The quantitative estimate of drug-likeness (QED) is 0.794.